The summed E-state index contributed by atoms with van der Waals surface area (Å²) in [7, 11) is 0. The van der Waals surface area contributed by atoms with Crippen molar-refractivity contribution in [2.45, 2.75) is 12.1 Å². The van der Waals surface area contributed by atoms with Gasteiger partial charge in [-0.25, -0.2) is 14.4 Å². The van der Waals surface area contributed by atoms with Gasteiger partial charge in [-0.3, -0.25) is 14.4 Å². The molecule has 3 aromatic carbocycles. The van der Waals surface area contributed by atoms with Crippen LogP contribution in [0.3, 0.4) is 0 Å². The van der Waals surface area contributed by atoms with Crippen LogP contribution in [0.4, 0.5) is 15.8 Å². The Kier molecular flexibility index (Phi) is 5.04. The van der Waals surface area contributed by atoms with Crippen molar-refractivity contribution < 1.29 is 18.8 Å². The molecular formula is C23H15BrClFN2O3. The average Bonchev–Trinajstić information content (AvgIpc) is 3.28. The molecule has 2 amide bonds. The van der Waals surface area contributed by atoms with E-state index in [1.807, 2.05) is 54.6 Å². The minimum atomic E-state index is -1.01. The van der Waals surface area contributed by atoms with Crippen LogP contribution in [0.5, 0.6) is 0 Å². The number of hydrogen-bond acceptors (Lipinski definition) is 4. The zero-order valence-corrected chi connectivity index (χ0v) is 18.3. The van der Waals surface area contributed by atoms with E-state index in [1.165, 1.54) is 12.1 Å². The molecule has 0 N–H and O–H groups in total. The second-order valence-corrected chi connectivity index (χ2v) is 8.64. The third-order valence-corrected chi connectivity index (χ3v) is 6.33. The molecule has 0 saturated carbocycles. The molecule has 2 saturated heterocycles. The summed E-state index contributed by atoms with van der Waals surface area (Å²) in [5.74, 6) is -2.46. The van der Waals surface area contributed by atoms with E-state index in [0.29, 0.717) is 0 Å². The molecule has 0 aromatic heterocycles. The quantitative estimate of drug-likeness (QED) is 0.458. The summed E-state index contributed by atoms with van der Waals surface area (Å²) in [4.78, 5) is 33.7. The van der Waals surface area contributed by atoms with Gasteiger partial charge < -0.3 is 0 Å². The van der Waals surface area contributed by atoms with Crippen molar-refractivity contribution in [2.75, 3.05) is 9.96 Å². The molecule has 2 heterocycles. The van der Waals surface area contributed by atoms with Crippen LogP contribution in [0.1, 0.15) is 11.6 Å². The predicted molar refractivity (Wildman–Crippen MR) is 118 cm³/mol. The Morgan fingerprint density at radius 2 is 1.61 bits per heavy atom. The highest BCUT2D eigenvalue weighted by molar-refractivity contribution is 9.10. The number of benzene rings is 3. The molecule has 0 spiro atoms. The summed E-state index contributed by atoms with van der Waals surface area (Å²) in [5.41, 5.74) is 1.69. The van der Waals surface area contributed by atoms with Crippen LogP contribution in [-0.4, -0.2) is 17.9 Å². The number of imide groups is 1. The van der Waals surface area contributed by atoms with E-state index in [0.717, 1.165) is 26.7 Å². The number of nitrogens with zero attached hydrogens (tertiary/aromatic N) is 2. The monoisotopic (exact) mass is 500 g/mol. The fourth-order valence-electron chi connectivity index (χ4n) is 4.09. The number of amides is 2. The molecule has 0 unspecified atom stereocenters. The molecule has 3 atom stereocenters. The Bertz CT molecular complexity index is 1180. The summed E-state index contributed by atoms with van der Waals surface area (Å²) < 4.78 is 14.9. The van der Waals surface area contributed by atoms with Crippen LogP contribution in [0.15, 0.2) is 77.3 Å². The van der Waals surface area contributed by atoms with Crippen LogP contribution in [0.25, 0.3) is 0 Å². The number of rotatable bonds is 3. The molecule has 8 heteroatoms. The highest BCUT2D eigenvalue weighted by Gasteiger charge is 2.60. The maximum atomic E-state index is 14.0. The fraction of sp³-hybridized carbons (Fsp3) is 0.130. The maximum absolute atomic E-state index is 14.0. The van der Waals surface area contributed by atoms with Crippen LogP contribution in [0.2, 0.25) is 5.02 Å². The number of halogens is 3. The van der Waals surface area contributed by atoms with Gasteiger partial charge in [-0.2, -0.15) is 0 Å². The van der Waals surface area contributed by atoms with E-state index in [9.17, 15) is 14.0 Å². The van der Waals surface area contributed by atoms with Gasteiger partial charge in [0.1, 0.15) is 11.7 Å². The molecule has 0 bridgehead atoms. The van der Waals surface area contributed by atoms with E-state index in [4.69, 9.17) is 16.4 Å². The first-order chi connectivity index (χ1) is 15.0. The van der Waals surface area contributed by atoms with E-state index < -0.39 is 35.7 Å². The molecule has 156 valence electrons. The highest BCUT2D eigenvalue weighted by atomic mass is 79.9. The van der Waals surface area contributed by atoms with Crippen LogP contribution in [-0.2, 0) is 14.4 Å². The van der Waals surface area contributed by atoms with Crippen molar-refractivity contribution in [3.63, 3.8) is 0 Å². The van der Waals surface area contributed by atoms with Gasteiger partial charge in [0.25, 0.3) is 5.91 Å². The summed E-state index contributed by atoms with van der Waals surface area (Å²) in [6, 6.07) is 20.2. The van der Waals surface area contributed by atoms with Gasteiger partial charge >= 0.3 is 0 Å². The second-order valence-electron chi connectivity index (χ2n) is 7.32. The Hall–Kier alpha value is -2.74. The highest BCUT2D eigenvalue weighted by Crippen LogP contribution is 2.47. The molecule has 2 fully saturated rings. The number of carbonyl (C=O) groups excluding carboxylic acids is 2. The van der Waals surface area contributed by atoms with Crippen molar-refractivity contribution >= 4 is 50.7 Å². The summed E-state index contributed by atoms with van der Waals surface area (Å²) in [6.45, 7) is 0. The molecule has 2 aliphatic heterocycles. The van der Waals surface area contributed by atoms with Crippen molar-refractivity contribution in [3.8, 4) is 0 Å². The zero-order valence-electron chi connectivity index (χ0n) is 15.9. The first-order valence-electron chi connectivity index (χ1n) is 9.55. The van der Waals surface area contributed by atoms with E-state index in [-0.39, 0.29) is 10.7 Å². The lowest BCUT2D eigenvalue weighted by Gasteiger charge is -2.28. The molecular weight excluding hydrogens is 487 g/mol. The van der Waals surface area contributed by atoms with E-state index in [1.54, 1.807) is 5.06 Å². The normalized spacial score (nSPS) is 22.9. The SMILES string of the molecule is O=C1[C@@H]2[C@@H](c3ccc(Br)cc3)N(c3ccccc3)O[C@H]2C(=O)N1c1ccc(Cl)c(F)c1. The largest absolute Gasteiger partial charge is 0.273 e. The lowest BCUT2D eigenvalue weighted by Crippen LogP contribution is -2.37. The van der Waals surface area contributed by atoms with Crippen molar-refractivity contribution in [2.24, 2.45) is 5.92 Å². The number of fused-ring (bicyclic) bond motifs is 1. The third-order valence-electron chi connectivity index (χ3n) is 5.50. The summed E-state index contributed by atoms with van der Waals surface area (Å²) >= 11 is 9.18. The molecule has 0 aliphatic carbocycles. The number of carbonyl (C=O) groups is 2. The maximum Gasteiger partial charge on any atom is 0.266 e. The second kappa shape index (κ2) is 7.75. The summed E-state index contributed by atoms with van der Waals surface area (Å²) in [5, 5.41) is 1.54. The summed E-state index contributed by atoms with van der Waals surface area (Å²) in [6.07, 6.45) is -1.01. The molecule has 5 rings (SSSR count). The molecule has 31 heavy (non-hydrogen) atoms. The molecule has 2 aliphatic rings. The molecule has 0 radical (unpaired) electrons. The van der Waals surface area contributed by atoms with E-state index in [2.05, 4.69) is 15.9 Å². The van der Waals surface area contributed by atoms with Crippen molar-refractivity contribution in [1.29, 1.82) is 0 Å². The van der Waals surface area contributed by atoms with E-state index >= 15 is 0 Å². The van der Waals surface area contributed by atoms with Gasteiger partial charge in [-0.1, -0.05) is 57.9 Å². The first kappa shape index (κ1) is 20.2. The number of anilines is 2. The Labute approximate surface area is 191 Å². The van der Waals surface area contributed by atoms with Gasteiger partial charge in [-0.05, 0) is 48.0 Å². The third kappa shape index (κ3) is 3.33. The smallest absolute Gasteiger partial charge is 0.266 e. The van der Waals surface area contributed by atoms with Gasteiger partial charge in [0.05, 0.1) is 22.4 Å². The minimum absolute atomic E-state index is 0.0812. The van der Waals surface area contributed by atoms with Crippen LogP contribution < -0.4 is 9.96 Å². The number of hydroxylamine groups is 1. The lowest BCUT2D eigenvalue weighted by atomic mass is 9.90. The van der Waals surface area contributed by atoms with Gasteiger partial charge in [-0.15, -0.1) is 0 Å². The average molecular weight is 502 g/mol. The molecule has 3 aromatic rings. The van der Waals surface area contributed by atoms with Gasteiger partial charge in [0.2, 0.25) is 5.91 Å². The number of para-hydroxylation sites is 1. The minimum Gasteiger partial charge on any atom is -0.273 e. The van der Waals surface area contributed by atoms with Gasteiger partial charge in [0, 0.05) is 4.47 Å². The lowest BCUT2D eigenvalue weighted by molar-refractivity contribution is -0.126. The van der Waals surface area contributed by atoms with Crippen molar-refractivity contribution in [3.05, 3.63) is 93.7 Å². The number of hydrogen-bond donors (Lipinski definition) is 0. The topological polar surface area (TPSA) is 49.9 Å². The standard InChI is InChI=1S/C23H15BrClFN2O3/c24-14-8-6-13(7-9-14)20-19-21(31-28(20)15-4-2-1-3-5-15)23(30)27(22(19)29)16-10-11-17(25)18(26)12-16/h1-12,19-21H/t19-,20-,21-/m1/s1. The Morgan fingerprint density at radius 1 is 0.903 bits per heavy atom. The fourth-order valence-corrected chi connectivity index (χ4v) is 4.47. The Balaban J connectivity index is 1.58. The van der Waals surface area contributed by atoms with Crippen LogP contribution >= 0.6 is 27.5 Å². The molecule has 5 nitrogen and oxygen atoms in total. The Morgan fingerprint density at radius 3 is 2.29 bits per heavy atom. The van der Waals surface area contributed by atoms with Gasteiger partial charge in [0.15, 0.2) is 6.10 Å². The first-order valence-corrected chi connectivity index (χ1v) is 10.7. The van der Waals surface area contributed by atoms with Crippen molar-refractivity contribution in [1.82, 2.24) is 0 Å². The zero-order chi connectivity index (χ0) is 21.7. The van der Waals surface area contributed by atoms with Crippen LogP contribution in [0, 0.1) is 11.7 Å². The predicted octanol–water partition coefficient (Wildman–Crippen LogP) is 5.29.